The van der Waals surface area contributed by atoms with Crippen LogP contribution >= 0.6 is 0 Å². The molecule has 0 spiro atoms. The van der Waals surface area contributed by atoms with E-state index in [1.807, 2.05) is 44.2 Å². The number of nitrogens with one attached hydrogen (secondary N) is 1. The molecule has 0 aliphatic carbocycles. The second-order valence-electron chi connectivity index (χ2n) is 5.21. The molecule has 3 heteroatoms. The van der Waals surface area contributed by atoms with Crippen LogP contribution in [-0.2, 0) is 4.79 Å². The molecule has 0 aromatic heterocycles. The summed E-state index contributed by atoms with van der Waals surface area (Å²) < 4.78 is 0. The summed E-state index contributed by atoms with van der Waals surface area (Å²) in [7, 11) is 0. The zero-order chi connectivity index (χ0) is 15.2. The summed E-state index contributed by atoms with van der Waals surface area (Å²) in [6.45, 7) is 3.98. The maximum atomic E-state index is 11.9. The predicted octanol–water partition coefficient (Wildman–Crippen LogP) is 3.91. The Hall–Kier alpha value is -2.42. The molecule has 0 radical (unpaired) electrons. The number of aryl methyl sites for hydroxylation is 2. The van der Waals surface area contributed by atoms with Crippen molar-refractivity contribution in [2.45, 2.75) is 26.7 Å². The number of anilines is 1. The van der Waals surface area contributed by atoms with Crippen molar-refractivity contribution < 1.29 is 9.59 Å². The summed E-state index contributed by atoms with van der Waals surface area (Å²) >= 11 is 0. The highest BCUT2D eigenvalue weighted by Crippen LogP contribution is 2.14. The first kappa shape index (κ1) is 15.0. The van der Waals surface area contributed by atoms with Crippen LogP contribution in [0, 0.1) is 13.8 Å². The standard InChI is InChI=1S/C18H19NO2/c1-13-10-14(2)12-16(11-13)19-18(21)9-8-17(20)15-6-4-3-5-7-15/h3-7,10-12H,8-9H2,1-2H3,(H,19,21). The van der Waals surface area contributed by atoms with E-state index in [-0.39, 0.29) is 24.5 Å². The SMILES string of the molecule is Cc1cc(C)cc(NC(=O)CCC(=O)c2ccccc2)c1. The van der Waals surface area contributed by atoms with Crippen LogP contribution in [0.25, 0.3) is 0 Å². The third kappa shape index (κ3) is 4.56. The molecule has 0 saturated carbocycles. The Morgan fingerprint density at radius 3 is 2.14 bits per heavy atom. The van der Waals surface area contributed by atoms with Crippen LogP contribution in [0.15, 0.2) is 48.5 Å². The molecule has 2 rings (SSSR count). The number of hydrogen-bond donors (Lipinski definition) is 1. The molecule has 1 amide bonds. The van der Waals surface area contributed by atoms with Crippen molar-refractivity contribution in [2.75, 3.05) is 5.32 Å². The second kappa shape index (κ2) is 6.84. The van der Waals surface area contributed by atoms with Crippen LogP contribution in [0.5, 0.6) is 0 Å². The highest BCUT2D eigenvalue weighted by atomic mass is 16.2. The summed E-state index contributed by atoms with van der Waals surface area (Å²) in [6, 6.07) is 14.9. The van der Waals surface area contributed by atoms with Gasteiger partial charge in [0, 0.05) is 24.1 Å². The molecule has 0 aliphatic heterocycles. The Bertz CT molecular complexity index is 627. The quantitative estimate of drug-likeness (QED) is 0.845. The average Bonchev–Trinajstić information content (AvgIpc) is 2.44. The zero-order valence-corrected chi connectivity index (χ0v) is 12.3. The van der Waals surface area contributed by atoms with Gasteiger partial charge in [0.25, 0.3) is 0 Å². The van der Waals surface area contributed by atoms with Gasteiger partial charge in [-0.1, -0.05) is 36.4 Å². The van der Waals surface area contributed by atoms with Gasteiger partial charge in [0.05, 0.1) is 0 Å². The third-order valence-electron chi connectivity index (χ3n) is 3.18. The first-order valence-electron chi connectivity index (χ1n) is 7.01. The number of hydrogen-bond acceptors (Lipinski definition) is 2. The monoisotopic (exact) mass is 281 g/mol. The van der Waals surface area contributed by atoms with Gasteiger partial charge in [-0.05, 0) is 37.1 Å². The van der Waals surface area contributed by atoms with Crippen molar-refractivity contribution in [3.8, 4) is 0 Å². The van der Waals surface area contributed by atoms with Gasteiger partial charge >= 0.3 is 0 Å². The van der Waals surface area contributed by atoms with Crippen LogP contribution in [0.2, 0.25) is 0 Å². The lowest BCUT2D eigenvalue weighted by molar-refractivity contribution is -0.116. The second-order valence-corrected chi connectivity index (χ2v) is 5.21. The van der Waals surface area contributed by atoms with Gasteiger partial charge in [0.15, 0.2) is 5.78 Å². The van der Waals surface area contributed by atoms with Crippen molar-refractivity contribution >= 4 is 17.4 Å². The molecule has 0 heterocycles. The number of benzene rings is 2. The first-order valence-corrected chi connectivity index (χ1v) is 7.01. The lowest BCUT2D eigenvalue weighted by atomic mass is 10.1. The Labute approximate surface area is 125 Å². The minimum atomic E-state index is -0.135. The first-order chi connectivity index (χ1) is 10.0. The molecule has 0 atom stereocenters. The fraction of sp³-hybridized carbons (Fsp3) is 0.222. The fourth-order valence-electron chi connectivity index (χ4n) is 2.27. The van der Waals surface area contributed by atoms with Crippen LogP contribution < -0.4 is 5.32 Å². The van der Waals surface area contributed by atoms with Crippen molar-refractivity contribution in [3.63, 3.8) is 0 Å². The molecular formula is C18H19NO2. The van der Waals surface area contributed by atoms with Gasteiger partial charge in [-0.2, -0.15) is 0 Å². The summed E-state index contributed by atoms with van der Waals surface area (Å²) in [4.78, 5) is 23.8. The predicted molar refractivity (Wildman–Crippen MR) is 84.6 cm³/mol. The molecule has 0 saturated heterocycles. The summed E-state index contributed by atoms with van der Waals surface area (Å²) in [5, 5.41) is 2.84. The largest absolute Gasteiger partial charge is 0.326 e. The van der Waals surface area contributed by atoms with E-state index in [4.69, 9.17) is 0 Å². The highest BCUT2D eigenvalue weighted by molar-refractivity contribution is 6.00. The van der Waals surface area contributed by atoms with Crippen LogP contribution in [0.3, 0.4) is 0 Å². The topological polar surface area (TPSA) is 46.2 Å². The van der Waals surface area contributed by atoms with E-state index in [1.54, 1.807) is 12.1 Å². The van der Waals surface area contributed by atoms with Crippen molar-refractivity contribution in [3.05, 3.63) is 65.2 Å². The molecule has 2 aromatic carbocycles. The summed E-state index contributed by atoms with van der Waals surface area (Å²) in [5.41, 5.74) is 3.64. The number of amides is 1. The Morgan fingerprint density at radius 1 is 0.905 bits per heavy atom. The van der Waals surface area contributed by atoms with Gasteiger partial charge < -0.3 is 5.32 Å². The molecule has 0 bridgehead atoms. The van der Waals surface area contributed by atoms with E-state index in [2.05, 4.69) is 11.4 Å². The number of carbonyl (C=O) groups excluding carboxylic acids is 2. The lowest BCUT2D eigenvalue weighted by Gasteiger charge is -2.07. The number of carbonyl (C=O) groups is 2. The van der Waals surface area contributed by atoms with Crippen molar-refractivity contribution in [1.82, 2.24) is 0 Å². The maximum absolute atomic E-state index is 11.9. The van der Waals surface area contributed by atoms with Crippen molar-refractivity contribution in [2.24, 2.45) is 0 Å². The molecular weight excluding hydrogens is 262 g/mol. The highest BCUT2D eigenvalue weighted by Gasteiger charge is 2.09. The fourth-order valence-corrected chi connectivity index (χ4v) is 2.27. The van der Waals surface area contributed by atoms with E-state index in [9.17, 15) is 9.59 Å². The average molecular weight is 281 g/mol. The molecule has 2 aromatic rings. The number of Topliss-reactive ketones (excluding diaryl/α,β-unsaturated/α-hetero) is 1. The van der Waals surface area contributed by atoms with Gasteiger partial charge in [-0.25, -0.2) is 0 Å². The maximum Gasteiger partial charge on any atom is 0.224 e. The summed E-state index contributed by atoms with van der Waals surface area (Å²) in [5.74, 6) is -0.143. The van der Waals surface area contributed by atoms with Crippen LogP contribution in [-0.4, -0.2) is 11.7 Å². The summed E-state index contributed by atoms with van der Waals surface area (Å²) in [6.07, 6.45) is 0.418. The van der Waals surface area contributed by atoms with Gasteiger partial charge in [-0.3, -0.25) is 9.59 Å². The van der Waals surface area contributed by atoms with E-state index in [0.717, 1.165) is 16.8 Å². The van der Waals surface area contributed by atoms with Gasteiger partial charge in [0.2, 0.25) is 5.91 Å². The minimum Gasteiger partial charge on any atom is -0.326 e. The number of rotatable bonds is 5. The van der Waals surface area contributed by atoms with E-state index < -0.39 is 0 Å². The van der Waals surface area contributed by atoms with Gasteiger partial charge in [-0.15, -0.1) is 0 Å². The molecule has 21 heavy (non-hydrogen) atoms. The molecule has 3 nitrogen and oxygen atoms in total. The van der Waals surface area contributed by atoms with Crippen molar-refractivity contribution in [1.29, 1.82) is 0 Å². The van der Waals surface area contributed by atoms with E-state index in [0.29, 0.717) is 5.56 Å². The normalized spacial score (nSPS) is 10.2. The molecule has 108 valence electrons. The van der Waals surface area contributed by atoms with Gasteiger partial charge in [0.1, 0.15) is 0 Å². The molecule has 0 aliphatic rings. The molecule has 0 fully saturated rings. The minimum absolute atomic E-state index is 0.00817. The Balaban J connectivity index is 1.89. The third-order valence-corrected chi connectivity index (χ3v) is 3.18. The Morgan fingerprint density at radius 2 is 1.52 bits per heavy atom. The number of ketones is 1. The lowest BCUT2D eigenvalue weighted by Crippen LogP contribution is -2.13. The van der Waals surface area contributed by atoms with Crippen LogP contribution in [0.1, 0.15) is 34.3 Å². The van der Waals surface area contributed by atoms with Crippen LogP contribution in [0.4, 0.5) is 5.69 Å². The van der Waals surface area contributed by atoms with E-state index >= 15 is 0 Å². The Kier molecular flexibility index (Phi) is 4.88. The molecule has 0 unspecified atom stereocenters. The zero-order valence-electron chi connectivity index (χ0n) is 12.3. The smallest absolute Gasteiger partial charge is 0.224 e. The van der Waals surface area contributed by atoms with E-state index in [1.165, 1.54) is 0 Å². The molecule has 1 N–H and O–H groups in total.